The molecule has 0 aliphatic rings. The van der Waals surface area contributed by atoms with E-state index in [4.69, 9.17) is 5.73 Å². The SMILES string of the molecule is C=C(N)N/C(C)=C(/C)C(C)=O.CC. The summed E-state index contributed by atoms with van der Waals surface area (Å²) in [7, 11) is 0. The van der Waals surface area contributed by atoms with Gasteiger partial charge in [0.05, 0.1) is 5.82 Å². The second-order valence-corrected chi connectivity index (χ2v) is 2.46. The first-order valence-electron chi connectivity index (χ1n) is 4.35. The lowest BCUT2D eigenvalue weighted by molar-refractivity contribution is -0.113. The summed E-state index contributed by atoms with van der Waals surface area (Å²) in [6, 6.07) is 0. The molecule has 0 amide bonds. The summed E-state index contributed by atoms with van der Waals surface area (Å²) >= 11 is 0. The van der Waals surface area contributed by atoms with E-state index in [0.717, 1.165) is 5.70 Å². The van der Waals surface area contributed by atoms with E-state index < -0.39 is 0 Å². The molecule has 0 aromatic rings. The highest BCUT2D eigenvalue weighted by Crippen LogP contribution is 2.00. The van der Waals surface area contributed by atoms with E-state index >= 15 is 0 Å². The molecule has 76 valence electrons. The molecule has 0 heterocycles. The number of ketones is 1. The smallest absolute Gasteiger partial charge is 0.157 e. The largest absolute Gasteiger partial charge is 0.386 e. The summed E-state index contributed by atoms with van der Waals surface area (Å²) in [6.45, 7) is 12.5. The zero-order chi connectivity index (χ0) is 11.0. The van der Waals surface area contributed by atoms with Crippen molar-refractivity contribution < 1.29 is 4.79 Å². The van der Waals surface area contributed by atoms with Gasteiger partial charge in [-0.3, -0.25) is 4.79 Å². The fourth-order valence-electron chi connectivity index (χ4n) is 0.599. The first-order chi connectivity index (χ1) is 5.95. The van der Waals surface area contributed by atoms with Crippen molar-refractivity contribution in [2.45, 2.75) is 34.6 Å². The Morgan fingerprint density at radius 3 is 1.85 bits per heavy atom. The standard InChI is InChI=1S/C8H14N2O.C2H6/c1-5(7(3)11)6(2)10-8(4)9;1-2/h10H,4,9H2,1-3H3;1-2H3/b6-5-;. The molecule has 0 aliphatic heterocycles. The molecule has 0 fully saturated rings. The first-order valence-corrected chi connectivity index (χ1v) is 4.35. The summed E-state index contributed by atoms with van der Waals surface area (Å²) in [5, 5.41) is 2.77. The minimum Gasteiger partial charge on any atom is -0.386 e. The van der Waals surface area contributed by atoms with Crippen molar-refractivity contribution >= 4 is 5.78 Å². The van der Waals surface area contributed by atoms with Crippen molar-refractivity contribution in [1.82, 2.24) is 5.32 Å². The molecular weight excluding hydrogens is 164 g/mol. The molecule has 3 N–H and O–H groups in total. The van der Waals surface area contributed by atoms with Gasteiger partial charge in [0.1, 0.15) is 0 Å². The molecule has 0 aromatic carbocycles. The second-order valence-electron chi connectivity index (χ2n) is 2.46. The van der Waals surface area contributed by atoms with Crippen LogP contribution in [0.15, 0.2) is 23.7 Å². The van der Waals surface area contributed by atoms with Crippen LogP contribution in [-0.2, 0) is 4.79 Å². The molecule has 0 unspecified atom stereocenters. The summed E-state index contributed by atoms with van der Waals surface area (Å²) in [4.78, 5) is 10.8. The van der Waals surface area contributed by atoms with Crippen LogP contribution >= 0.6 is 0 Å². The Morgan fingerprint density at radius 2 is 1.62 bits per heavy atom. The van der Waals surface area contributed by atoms with E-state index in [1.54, 1.807) is 13.8 Å². The molecule has 3 nitrogen and oxygen atoms in total. The third kappa shape index (κ3) is 7.12. The fraction of sp³-hybridized carbons (Fsp3) is 0.500. The van der Waals surface area contributed by atoms with E-state index in [2.05, 4.69) is 11.9 Å². The molecule has 3 heteroatoms. The van der Waals surface area contributed by atoms with Crippen molar-refractivity contribution in [2.75, 3.05) is 0 Å². The van der Waals surface area contributed by atoms with Crippen molar-refractivity contribution in [3.63, 3.8) is 0 Å². The first kappa shape index (κ1) is 14.3. The van der Waals surface area contributed by atoms with Gasteiger partial charge in [0.15, 0.2) is 5.78 Å². The lowest BCUT2D eigenvalue weighted by Gasteiger charge is -2.07. The molecule has 0 saturated carbocycles. The molecule has 0 radical (unpaired) electrons. The van der Waals surface area contributed by atoms with Crippen LogP contribution < -0.4 is 11.1 Å². The maximum Gasteiger partial charge on any atom is 0.157 e. The number of Topliss-reactive ketones (excluding diaryl/α,β-unsaturated/α-hetero) is 1. The van der Waals surface area contributed by atoms with E-state index in [-0.39, 0.29) is 5.78 Å². The van der Waals surface area contributed by atoms with Gasteiger partial charge in [0.2, 0.25) is 0 Å². The zero-order valence-corrected chi connectivity index (χ0v) is 9.19. The summed E-state index contributed by atoms with van der Waals surface area (Å²) in [6.07, 6.45) is 0. The molecule has 0 rings (SSSR count). The van der Waals surface area contributed by atoms with Crippen molar-refractivity contribution in [2.24, 2.45) is 5.73 Å². The Hall–Kier alpha value is -1.25. The quantitative estimate of drug-likeness (QED) is 0.659. The van der Waals surface area contributed by atoms with Gasteiger partial charge in [0, 0.05) is 11.3 Å². The lowest BCUT2D eigenvalue weighted by atomic mass is 10.2. The van der Waals surface area contributed by atoms with Crippen LogP contribution in [0.25, 0.3) is 0 Å². The highest BCUT2D eigenvalue weighted by molar-refractivity contribution is 5.93. The summed E-state index contributed by atoms with van der Waals surface area (Å²) in [5.41, 5.74) is 6.71. The van der Waals surface area contributed by atoms with Crippen LogP contribution in [0.4, 0.5) is 0 Å². The maximum atomic E-state index is 10.8. The number of rotatable bonds is 3. The number of nitrogens with one attached hydrogen (secondary N) is 1. The van der Waals surface area contributed by atoms with Gasteiger partial charge in [-0.25, -0.2) is 0 Å². The number of carbonyl (C=O) groups is 1. The Kier molecular flexibility index (Phi) is 8.13. The topological polar surface area (TPSA) is 55.1 Å². The minimum absolute atomic E-state index is 0.0382. The van der Waals surface area contributed by atoms with Gasteiger partial charge in [-0.2, -0.15) is 0 Å². The third-order valence-corrected chi connectivity index (χ3v) is 1.44. The number of allylic oxidation sites excluding steroid dienone is 2. The van der Waals surface area contributed by atoms with Crippen LogP contribution in [-0.4, -0.2) is 5.78 Å². The van der Waals surface area contributed by atoms with Crippen LogP contribution in [0.3, 0.4) is 0 Å². The lowest BCUT2D eigenvalue weighted by Crippen LogP contribution is -2.18. The van der Waals surface area contributed by atoms with Gasteiger partial charge in [-0.05, 0) is 20.8 Å². The van der Waals surface area contributed by atoms with Gasteiger partial charge in [-0.1, -0.05) is 20.4 Å². The van der Waals surface area contributed by atoms with Crippen LogP contribution in [0, 0.1) is 0 Å². The summed E-state index contributed by atoms with van der Waals surface area (Å²) in [5.74, 6) is 0.388. The maximum absolute atomic E-state index is 10.8. The second kappa shape index (κ2) is 7.40. The van der Waals surface area contributed by atoms with Crippen LogP contribution in [0.1, 0.15) is 34.6 Å². The van der Waals surface area contributed by atoms with E-state index in [1.165, 1.54) is 6.92 Å². The van der Waals surface area contributed by atoms with Crippen LogP contribution in [0.2, 0.25) is 0 Å². The normalized spacial score (nSPS) is 10.5. The number of hydrogen-bond donors (Lipinski definition) is 2. The predicted octanol–water partition coefficient (Wildman–Crippen LogP) is 1.92. The average molecular weight is 184 g/mol. The van der Waals surface area contributed by atoms with Gasteiger partial charge < -0.3 is 11.1 Å². The van der Waals surface area contributed by atoms with E-state index in [9.17, 15) is 4.79 Å². The third-order valence-electron chi connectivity index (χ3n) is 1.44. The van der Waals surface area contributed by atoms with Crippen molar-refractivity contribution in [3.05, 3.63) is 23.7 Å². The fourth-order valence-corrected chi connectivity index (χ4v) is 0.599. The highest BCUT2D eigenvalue weighted by atomic mass is 16.1. The van der Waals surface area contributed by atoms with Gasteiger partial charge in [0.25, 0.3) is 0 Å². The molecule has 0 bridgehead atoms. The molecular formula is C10H20N2O. The minimum atomic E-state index is 0.0382. The van der Waals surface area contributed by atoms with E-state index in [1.807, 2.05) is 13.8 Å². The molecule has 0 aliphatic carbocycles. The zero-order valence-electron chi connectivity index (χ0n) is 9.19. The molecule has 0 aromatic heterocycles. The molecule has 0 atom stereocenters. The molecule has 13 heavy (non-hydrogen) atoms. The monoisotopic (exact) mass is 184 g/mol. The number of hydrogen-bond acceptors (Lipinski definition) is 3. The van der Waals surface area contributed by atoms with Gasteiger partial charge in [-0.15, -0.1) is 0 Å². The highest BCUT2D eigenvalue weighted by Gasteiger charge is 2.00. The summed E-state index contributed by atoms with van der Waals surface area (Å²) < 4.78 is 0. The van der Waals surface area contributed by atoms with Crippen LogP contribution in [0.5, 0.6) is 0 Å². The Labute approximate surface area is 80.7 Å². The average Bonchev–Trinajstić information content (AvgIpc) is 2.05. The molecule has 0 spiro atoms. The molecule has 0 saturated heterocycles. The number of nitrogens with two attached hydrogens (primary N) is 1. The van der Waals surface area contributed by atoms with Gasteiger partial charge >= 0.3 is 0 Å². The number of carbonyl (C=O) groups excluding carboxylic acids is 1. The van der Waals surface area contributed by atoms with E-state index in [0.29, 0.717) is 11.4 Å². The Balaban J connectivity index is 0. The van der Waals surface area contributed by atoms with Crippen molar-refractivity contribution in [3.8, 4) is 0 Å². The Bertz CT molecular complexity index is 217. The predicted molar refractivity (Wildman–Crippen MR) is 56.9 cm³/mol. The van der Waals surface area contributed by atoms with Crippen molar-refractivity contribution in [1.29, 1.82) is 0 Å². The Morgan fingerprint density at radius 1 is 1.23 bits per heavy atom.